The summed E-state index contributed by atoms with van der Waals surface area (Å²) in [6, 6.07) is 15.5. The third kappa shape index (κ3) is 3.15. The average molecular weight is 324 g/mol. The fourth-order valence-corrected chi connectivity index (χ4v) is 3.39. The number of nitrogens with one attached hydrogen (secondary N) is 1. The standard InChI is InChI=1S/C20H24N2O2/c1-14(2)16-8-5-6-10-18(16)21-20(24)22-12-11-15-7-3-4-9-17(15)19(22)13-23/h3-10,14,19,23H,11-13H2,1-2H3,(H,21,24). The van der Waals surface area contributed by atoms with Gasteiger partial charge in [-0.1, -0.05) is 56.3 Å². The monoisotopic (exact) mass is 324 g/mol. The van der Waals surface area contributed by atoms with Gasteiger partial charge in [-0.25, -0.2) is 4.79 Å². The number of carbonyl (C=O) groups excluding carboxylic acids is 1. The van der Waals surface area contributed by atoms with Crippen molar-refractivity contribution in [1.29, 1.82) is 0 Å². The molecule has 2 amide bonds. The predicted molar refractivity (Wildman–Crippen MR) is 96.2 cm³/mol. The maximum atomic E-state index is 12.8. The van der Waals surface area contributed by atoms with Crippen molar-refractivity contribution >= 4 is 11.7 Å². The van der Waals surface area contributed by atoms with Crippen LogP contribution in [0.3, 0.4) is 0 Å². The first-order valence-electron chi connectivity index (χ1n) is 8.47. The van der Waals surface area contributed by atoms with Crippen molar-refractivity contribution in [3.63, 3.8) is 0 Å². The van der Waals surface area contributed by atoms with Gasteiger partial charge in [-0.15, -0.1) is 0 Å². The van der Waals surface area contributed by atoms with Crippen LogP contribution in [0, 0.1) is 0 Å². The molecule has 1 aliphatic heterocycles. The normalized spacial score (nSPS) is 16.8. The summed E-state index contributed by atoms with van der Waals surface area (Å²) in [5, 5.41) is 12.9. The molecule has 2 N–H and O–H groups in total. The molecule has 0 spiro atoms. The van der Waals surface area contributed by atoms with Crippen LogP contribution in [0.4, 0.5) is 10.5 Å². The van der Waals surface area contributed by atoms with Crippen LogP contribution in [-0.4, -0.2) is 29.2 Å². The van der Waals surface area contributed by atoms with Crippen LogP contribution < -0.4 is 5.32 Å². The smallest absolute Gasteiger partial charge is 0.322 e. The second kappa shape index (κ2) is 7.05. The van der Waals surface area contributed by atoms with Gasteiger partial charge >= 0.3 is 6.03 Å². The molecule has 126 valence electrons. The zero-order chi connectivity index (χ0) is 17.1. The van der Waals surface area contributed by atoms with Gasteiger partial charge < -0.3 is 15.3 Å². The van der Waals surface area contributed by atoms with Gasteiger partial charge in [0.2, 0.25) is 0 Å². The Balaban J connectivity index is 1.83. The molecule has 0 fully saturated rings. The highest BCUT2D eigenvalue weighted by Crippen LogP contribution is 2.30. The molecule has 4 heteroatoms. The Morgan fingerprint density at radius 3 is 2.67 bits per heavy atom. The molecular formula is C20H24N2O2. The van der Waals surface area contributed by atoms with Crippen LogP contribution in [0.1, 0.15) is 42.5 Å². The van der Waals surface area contributed by atoms with Gasteiger partial charge in [-0.05, 0) is 35.1 Å². The lowest BCUT2D eigenvalue weighted by Gasteiger charge is -2.36. The minimum atomic E-state index is -0.291. The lowest BCUT2D eigenvalue weighted by Crippen LogP contribution is -2.44. The van der Waals surface area contributed by atoms with E-state index >= 15 is 0 Å². The Morgan fingerprint density at radius 2 is 1.92 bits per heavy atom. The summed E-state index contributed by atoms with van der Waals surface area (Å²) < 4.78 is 0. The molecule has 1 heterocycles. The Hall–Kier alpha value is -2.33. The van der Waals surface area contributed by atoms with E-state index in [0.717, 1.165) is 23.2 Å². The van der Waals surface area contributed by atoms with Gasteiger partial charge in [0, 0.05) is 12.2 Å². The summed E-state index contributed by atoms with van der Waals surface area (Å²) in [7, 11) is 0. The van der Waals surface area contributed by atoms with E-state index in [9.17, 15) is 9.90 Å². The van der Waals surface area contributed by atoms with Crippen molar-refractivity contribution in [2.45, 2.75) is 32.2 Å². The number of rotatable bonds is 3. The number of aliphatic hydroxyl groups excluding tert-OH is 1. The SMILES string of the molecule is CC(C)c1ccccc1NC(=O)N1CCc2ccccc2C1CO. The summed E-state index contributed by atoms with van der Waals surface area (Å²) in [6.45, 7) is 4.76. The molecule has 0 saturated heterocycles. The maximum Gasteiger partial charge on any atom is 0.322 e. The molecular weight excluding hydrogens is 300 g/mol. The number of para-hydroxylation sites is 1. The third-order valence-corrected chi connectivity index (χ3v) is 4.67. The molecule has 24 heavy (non-hydrogen) atoms. The molecule has 3 rings (SSSR count). The van der Waals surface area contributed by atoms with E-state index in [0.29, 0.717) is 12.5 Å². The van der Waals surface area contributed by atoms with E-state index in [4.69, 9.17) is 0 Å². The van der Waals surface area contributed by atoms with Crippen LogP contribution in [0.2, 0.25) is 0 Å². The number of hydrogen-bond donors (Lipinski definition) is 2. The lowest BCUT2D eigenvalue weighted by molar-refractivity contribution is 0.135. The summed E-state index contributed by atoms with van der Waals surface area (Å²) in [6.07, 6.45) is 0.811. The van der Waals surface area contributed by atoms with Gasteiger partial charge in [0.15, 0.2) is 0 Å². The first-order valence-corrected chi connectivity index (χ1v) is 8.47. The number of hydrogen-bond acceptors (Lipinski definition) is 2. The van der Waals surface area contributed by atoms with Crippen molar-refractivity contribution in [2.75, 3.05) is 18.5 Å². The zero-order valence-corrected chi connectivity index (χ0v) is 14.2. The fourth-order valence-electron chi connectivity index (χ4n) is 3.39. The van der Waals surface area contributed by atoms with Gasteiger partial charge in [0.1, 0.15) is 0 Å². The van der Waals surface area contributed by atoms with E-state index < -0.39 is 0 Å². The molecule has 0 aliphatic carbocycles. The van der Waals surface area contributed by atoms with Gasteiger partial charge in [-0.2, -0.15) is 0 Å². The van der Waals surface area contributed by atoms with E-state index in [1.165, 1.54) is 5.56 Å². The molecule has 1 atom stereocenters. The first-order chi connectivity index (χ1) is 11.6. The number of carbonyl (C=O) groups is 1. The number of anilines is 1. The Kier molecular flexibility index (Phi) is 4.86. The molecule has 0 aromatic heterocycles. The molecule has 1 unspecified atom stereocenters. The van der Waals surface area contributed by atoms with Crippen molar-refractivity contribution in [3.05, 3.63) is 65.2 Å². The molecule has 0 radical (unpaired) electrons. The summed E-state index contributed by atoms with van der Waals surface area (Å²) >= 11 is 0. The van der Waals surface area contributed by atoms with Gasteiger partial charge in [-0.3, -0.25) is 0 Å². The lowest BCUT2D eigenvalue weighted by atomic mass is 9.93. The highest BCUT2D eigenvalue weighted by atomic mass is 16.3. The van der Waals surface area contributed by atoms with Crippen LogP contribution >= 0.6 is 0 Å². The molecule has 4 nitrogen and oxygen atoms in total. The Morgan fingerprint density at radius 1 is 1.21 bits per heavy atom. The summed E-state index contributed by atoms with van der Waals surface area (Å²) in [5.74, 6) is 0.331. The van der Waals surface area contributed by atoms with Crippen LogP contribution in [-0.2, 0) is 6.42 Å². The number of nitrogens with zero attached hydrogens (tertiary/aromatic N) is 1. The van der Waals surface area contributed by atoms with Crippen molar-refractivity contribution < 1.29 is 9.90 Å². The predicted octanol–water partition coefficient (Wildman–Crippen LogP) is 3.93. The van der Waals surface area contributed by atoms with E-state index in [-0.39, 0.29) is 18.7 Å². The van der Waals surface area contributed by atoms with Crippen LogP contribution in [0.5, 0.6) is 0 Å². The van der Waals surface area contributed by atoms with Crippen LogP contribution in [0.15, 0.2) is 48.5 Å². The Bertz CT molecular complexity index is 727. The maximum absolute atomic E-state index is 12.8. The van der Waals surface area contributed by atoms with E-state index in [1.54, 1.807) is 4.90 Å². The third-order valence-electron chi connectivity index (χ3n) is 4.67. The molecule has 2 aromatic rings. The number of aliphatic hydroxyl groups is 1. The van der Waals surface area contributed by atoms with Crippen LogP contribution in [0.25, 0.3) is 0 Å². The van der Waals surface area contributed by atoms with Crippen molar-refractivity contribution in [1.82, 2.24) is 4.90 Å². The summed E-state index contributed by atoms with van der Waals surface area (Å²) in [4.78, 5) is 14.6. The highest BCUT2D eigenvalue weighted by Gasteiger charge is 2.30. The topological polar surface area (TPSA) is 52.6 Å². The Labute approximate surface area is 143 Å². The second-order valence-electron chi connectivity index (χ2n) is 6.51. The van der Waals surface area contributed by atoms with Crippen molar-refractivity contribution in [3.8, 4) is 0 Å². The molecule has 2 aromatic carbocycles. The van der Waals surface area contributed by atoms with E-state index in [2.05, 4.69) is 25.2 Å². The molecule has 1 aliphatic rings. The fraction of sp³-hybridized carbons (Fsp3) is 0.350. The van der Waals surface area contributed by atoms with Gasteiger partial charge in [0.05, 0.1) is 12.6 Å². The number of fused-ring (bicyclic) bond motifs is 1. The molecule has 0 bridgehead atoms. The number of urea groups is 1. The first kappa shape index (κ1) is 16.5. The number of benzene rings is 2. The molecule has 0 saturated carbocycles. The highest BCUT2D eigenvalue weighted by molar-refractivity contribution is 5.90. The van der Waals surface area contributed by atoms with Gasteiger partial charge in [0.25, 0.3) is 0 Å². The average Bonchev–Trinajstić information content (AvgIpc) is 2.60. The van der Waals surface area contributed by atoms with Crippen molar-refractivity contribution in [2.24, 2.45) is 0 Å². The van der Waals surface area contributed by atoms with E-state index in [1.807, 2.05) is 42.5 Å². The zero-order valence-electron chi connectivity index (χ0n) is 14.2. The minimum Gasteiger partial charge on any atom is -0.394 e. The second-order valence-corrected chi connectivity index (χ2v) is 6.51. The quantitative estimate of drug-likeness (QED) is 0.898. The minimum absolute atomic E-state index is 0.0732. The largest absolute Gasteiger partial charge is 0.394 e. The summed E-state index contributed by atoms with van der Waals surface area (Å²) in [5.41, 5.74) is 4.21. The number of amides is 2.